The number of hydrogen-bond donors (Lipinski definition) is 2. The Morgan fingerprint density at radius 1 is 0.791 bits per heavy atom. The molecule has 6 heterocycles. The maximum atomic E-state index is 8.64. The van der Waals surface area contributed by atoms with Crippen LogP contribution in [0, 0.1) is 0 Å². The van der Waals surface area contributed by atoms with Crippen LogP contribution in [-0.2, 0) is 9.68 Å². The Balaban J connectivity index is 0.000000619. The fourth-order valence-corrected chi connectivity index (χ4v) is 7.75. The van der Waals surface area contributed by atoms with E-state index < -0.39 is 0 Å². The van der Waals surface area contributed by atoms with Gasteiger partial charge in [-0.25, -0.2) is 0 Å². The molecule has 18 heteroatoms. The monoisotopic (exact) mass is 817 g/mol. The van der Waals surface area contributed by atoms with Crippen molar-refractivity contribution in [3.8, 4) is 0 Å². The van der Waals surface area contributed by atoms with Gasteiger partial charge in [0.15, 0.2) is 7.83 Å². The Morgan fingerprint density at radius 3 is 1.63 bits per heavy atom. The molecule has 2 aromatic heterocycles. The second-order valence-electron chi connectivity index (χ2n) is 10.3. The fraction of sp³-hybridized carbons (Fsp3) is 0.800. The van der Waals surface area contributed by atoms with Crippen molar-refractivity contribution < 1.29 is 119 Å². The molecule has 234 valence electrons. The van der Waals surface area contributed by atoms with E-state index in [9.17, 15) is 0 Å². The van der Waals surface area contributed by atoms with Crippen molar-refractivity contribution >= 4 is 71.3 Å². The van der Waals surface area contributed by atoms with Gasteiger partial charge in [-0.1, -0.05) is 35.5 Å². The Kier molecular flexibility index (Phi) is 26.3. The zero-order chi connectivity index (χ0) is 29.3. The van der Waals surface area contributed by atoms with Crippen molar-refractivity contribution in [2.75, 3.05) is 63.0 Å². The minimum absolute atomic E-state index is 0. The number of halogens is 2. The number of nitrogen functional groups attached to an aromatic ring is 1. The number of hydrogen-bond acceptors (Lipinski definition) is 14. The van der Waals surface area contributed by atoms with Crippen molar-refractivity contribution in [2.45, 2.75) is 76.3 Å². The Bertz CT molecular complexity index is 950. The molecule has 3 N–H and O–H groups in total. The molecular weight excluding hydrogens is 776 g/mol. The summed E-state index contributed by atoms with van der Waals surface area (Å²) in [6.07, 6.45) is 13.8. The summed E-state index contributed by atoms with van der Waals surface area (Å²) in [5.74, 6) is 0. The first-order valence-corrected chi connectivity index (χ1v) is 17.6. The third-order valence-corrected chi connectivity index (χ3v) is 10.3. The van der Waals surface area contributed by atoms with Gasteiger partial charge in [0, 0.05) is 25.2 Å². The van der Waals surface area contributed by atoms with E-state index in [1.165, 1.54) is 115 Å². The quantitative estimate of drug-likeness (QED) is 0.145. The summed E-state index contributed by atoms with van der Waals surface area (Å²) in [7, 11) is 0. The van der Waals surface area contributed by atoms with Gasteiger partial charge in [-0.15, -0.1) is 20.4 Å². The zero-order valence-corrected chi connectivity index (χ0v) is 36.5. The Hall–Kier alpha value is 2.26. The van der Waals surface area contributed by atoms with Gasteiger partial charge >= 0.3 is 103 Å². The summed E-state index contributed by atoms with van der Waals surface area (Å²) in [6.45, 7) is 9.91. The molecular formula is C25H43Br2K2N9O3S2. The summed E-state index contributed by atoms with van der Waals surface area (Å²) < 4.78 is 1.61. The topological polar surface area (TPSA) is 149 Å². The molecule has 0 aliphatic carbocycles. The first-order valence-electron chi connectivity index (χ1n) is 14.4. The molecule has 6 rings (SSSR count). The Labute approximate surface area is 366 Å². The molecule has 0 unspecified atom stereocenters. The van der Waals surface area contributed by atoms with Gasteiger partial charge in [0.05, 0.1) is 0 Å². The summed E-state index contributed by atoms with van der Waals surface area (Å²) in [4.78, 5) is 19.0. The largest absolute Gasteiger partial charge is 1.00 e. The smallest absolute Gasteiger partial charge is 1.00 e. The molecule has 0 bridgehead atoms. The van der Waals surface area contributed by atoms with Crippen LogP contribution >= 0.6 is 54.5 Å². The molecule has 0 atom stereocenters. The number of anilines is 2. The van der Waals surface area contributed by atoms with Crippen LogP contribution in [0.3, 0.4) is 0 Å². The predicted molar refractivity (Wildman–Crippen MR) is 170 cm³/mol. The van der Waals surface area contributed by atoms with Crippen LogP contribution in [0.4, 0.5) is 10.3 Å². The third-order valence-electron chi connectivity index (χ3n) is 7.70. The van der Waals surface area contributed by atoms with E-state index in [2.05, 4.69) is 77.2 Å². The molecule has 0 amide bonds. The molecule has 0 aromatic carbocycles. The van der Waals surface area contributed by atoms with Crippen LogP contribution in [0.1, 0.15) is 65.6 Å². The minimum atomic E-state index is -0.181. The molecule has 12 nitrogen and oxygen atoms in total. The molecule has 4 aliphatic heterocycles. The normalized spacial score (nSPS) is 19.9. The van der Waals surface area contributed by atoms with Gasteiger partial charge in [-0.05, 0) is 122 Å². The number of nitrogens with zero attached hydrogens (tertiary/aromatic N) is 7. The molecule has 4 saturated heterocycles. The number of likely N-dealkylation sites (tertiary alicyclic amines) is 2. The van der Waals surface area contributed by atoms with Crippen molar-refractivity contribution in [3.05, 3.63) is 7.83 Å². The van der Waals surface area contributed by atoms with Crippen LogP contribution in [0.15, 0.2) is 7.83 Å². The van der Waals surface area contributed by atoms with Crippen molar-refractivity contribution in [2.24, 2.45) is 0 Å². The maximum Gasteiger partial charge on any atom is 1.00 e. The molecule has 4 aliphatic rings. The zero-order valence-electron chi connectivity index (χ0n) is 26.5. The number of piperidine rings is 4. The van der Waals surface area contributed by atoms with E-state index in [4.69, 9.17) is 15.8 Å². The number of aromatic nitrogens is 4. The van der Waals surface area contributed by atoms with Crippen LogP contribution in [0.5, 0.6) is 0 Å². The van der Waals surface area contributed by atoms with Gasteiger partial charge < -0.3 is 37.3 Å². The van der Waals surface area contributed by atoms with Gasteiger partial charge in [-0.2, -0.15) is 0 Å². The second kappa shape index (κ2) is 26.2. The SMILES string of the molecule is Brc1nnc(N2CCC(N3CCCCC3)CC2)s1.C1CCN(C2CCNCC2)CC1.Nc1nnc(Br)s1.O=CO[O-].[H-].[K+].[K+]. The van der Waals surface area contributed by atoms with E-state index in [0.717, 1.165) is 38.1 Å². The number of nitrogens with two attached hydrogens (primary N) is 1. The summed E-state index contributed by atoms with van der Waals surface area (Å²) >= 11 is 9.43. The van der Waals surface area contributed by atoms with Gasteiger partial charge in [-0.3, -0.25) is 4.79 Å². The van der Waals surface area contributed by atoms with Gasteiger partial charge in [0.2, 0.25) is 10.3 Å². The van der Waals surface area contributed by atoms with E-state index in [1.807, 2.05) is 0 Å². The number of rotatable bonds is 4. The average molecular weight is 820 g/mol. The van der Waals surface area contributed by atoms with Crippen molar-refractivity contribution in [3.63, 3.8) is 0 Å². The molecule has 0 saturated carbocycles. The van der Waals surface area contributed by atoms with Crippen LogP contribution < -0.4 is 124 Å². The summed E-state index contributed by atoms with van der Waals surface area (Å²) in [6, 6.07) is 1.71. The van der Waals surface area contributed by atoms with Crippen LogP contribution in [0.2, 0.25) is 0 Å². The number of carbonyl (C=O) groups is 1. The molecule has 43 heavy (non-hydrogen) atoms. The van der Waals surface area contributed by atoms with Crippen LogP contribution in [-0.4, -0.2) is 101 Å². The standard InChI is InChI=1S/C12H19BrN4S.C10H20N2.C2H2BrN3S.CH2O3.2K.H/c13-11-14-15-12(18-11)17-8-4-10(5-9-17)16-6-2-1-3-7-16;1-2-8-12(9-3-1)10-4-6-11-7-5-10;3-1-5-6-2(4)7-1;2-1-4-3;;;/h10H,1-9H2;10-11H,1-9H2;(H2,4,6);1,3H;;;/q;;;;2*+1;-1/p-1. The second-order valence-corrected chi connectivity index (χ2v) is 14.8. The fourth-order valence-electron chi connectivity index (χ4n) is 5.70. The van der Waals surface area contributed by atoms with E-state index in [-0.39, 0.29) is 111 Å². The maximum absolute atomic E-state index is 8.64. The molecule has 2 aromatic rings. The van der Waals surface area contributed by atoms with Gasteiger partial charge in [0.25, 0.3) is 6.47 Å². The van der Waals surface area contributed by atoms with E-state index >= 15 is 0 Å². The first kappa shape index (κ1) is 43.3. The van der Waals surface area contributed by atoms with E-state index in [0.29, 0.717) is 5.13 Å². The molecule has 0 radical (unpaired) electrons. The molecule has 4 fully saturated rings. The number of carbonyl (C=O) groups excluding carboxylic acids is 1. The third kappa shape index (κ3) is 17.5. The first-order chi connectivity index (χ1) is 20.0. The Morgan fingerprint density at radius 2 is 1.26 bits per heavy atom. The average Bonchev–Trinajstić information content (AvgIpc) is 3.65. The van der Waals surface area contributed by atoms with Crippen molar-refractivity contribution in [1.82, 2.24) is 35.5 Å². The van der Waals surface area contributed by atoms with E-state index in [1.54, 1.807) is 11.3 Å². The molecule has 0 spiro atoms. The van der Waals surface area contributed by atoms with Gasteiger partial charge in [0.1, 0.15) is 0 Å². The van der Waals surface area contributed by atoms with Crippen molar-refractivity contribution in [1.29, 1.82) is 0 Å². The summed E-state index contributed by atoms with van der Waals surface area (Å²) in [5, 5.41) is 28.8. The minimum Gasteiger partial charge on any atom is -1.00 e. The predicted octanol–water partition coefficient (Wildman–Crippen LogP) is -2.58. The summed E-state index contributed by atoms with van der Waals surface area (Å²) in [5.41, 5.74) is 5.19. The van der Waals surface area contributed by atoms with Crippen LogP contribution in [0.25, 0.3) is 0 Å². The number of nitrogens with one attached hydrogen (secondary N) is 1.